The lowest BCUT2D eigenvalue weighted by Crippen LogP contribution is -2.33. The predicted molar refractivity (Wildman–Crippen MR) is 89.0 cm³/mol. The highest BCUT2D eigenvalue weighted by molar-refractivity contribution is 5.53. The average Bonchev–Trinajstić information content (AvgIpc) is 2.55. The lowest BCUT2D eigenvalue weighted by Gasteiger charge is -2.23. The Hall–Kier alpha value is -2.44. The van der Waals surface area contributed by atoms with Crippen molar-refractivity contribution in [2.24, 2.45) is 21.7 Å². The van der Waals surface area contributed by atoms with Crippen molar-refractivity contribution in [2.45, 2.75) is 0 Å². The van der Waals surface area contributed by atoms with Crippen LogP contribution in [0.2, 0.25) is 0 Å². The molecule has 0 heterocycles. The molecule has 0 spiro atoms. The van der Waals surface area contributed by atoms with Gasteiger partial charge in [-0.3, -0.25) is 0 Å². The molecule has 0 aromatic heterocycles. The van der Waals surface area contributed by atoms with E-state index in [1.54, 1.807) is 24.3 Å². The molecule has 0 aliphatic rings. The van der Waals surface area contributed by atoms with E-state index in [0.29, 0.717) is 18.8 Å². The standard InChI is InChI=1S/C16H21N5O/c17-9-11-21(12-10-18)15-5-1-13(2-6-15)19-20-14-3-7-16(22)8-4-14/h1-8,22H,9-12,17-18H2. The number of benzene rings is 2. The van der Waals surface area contributed by atoms with Gasteiger partial charge in [0.05, 0.1) is 11.4 Å². The molecule has 2 rings (SSSR count). The number of hydrogen-bond acceptors (Lipinski definition) is 6. The van der Waals surface area contributed by atoms with E-state index in [-0.39, 0.29) is 5.75 Å². The van der Waals surface area contributed by atoms with Crippen LogP contribution in [0.4, 0.5) is 17.1 Å². The number of rotatable bonds is 7. The second kappa shape index (κ2) is 8.11. The molecule has 0 fully saturated rings. The van der Waals surface area contributed by atoms with Crippen molar-refractivity contribution < 1.29 is 5.11 Å². The van der Waals surface area contributed by atoms with Crippen molar-refractivity contribution in [3.05, 3.63) is 48.5 Å². The normalized spacial score (nSPS) is 11.0. The van der Waals surface area contributed by atoms with Gasteiger partial charge in [-0.2, -0.15) is 10.2 Å². The first kappa shape index (κ1) is 15.9. The van der Waals surface area contributed by atoms with Gasteiger partial charge in [-0.15, -0.1) is 0 Å². The van der Waals surface area contributed by atoms with Crippen LogP contribution in [0.15, 0.2) is 58.8 Å². The van der Waals surface area contributed by atoms with Crippen LogP contribution < -0.4 is 16.4 Å². The third kappa shape index (κ3) is 4.54. The van der Waals surface area contributed by atoms with Gasteiger partial charge in [-0.25, -0.2) is 0 Å². The van der Waals surface area contributed by atoms with Crippen LogP contribution in [0, 0.1) is 0 Å². The van der Waals surface area contributed by atoms with Crippen LogP contribution >= 0.6 is 0 Å². The SMILES string of the molecule is NCCN(CCN)c1ccc(N=Nc2ccc(O)cc2)cc1. The molecule has 0 aliphatic carbocycles. The van der Waals surface area contributed by atoms with E-state index < -0.39 is 0 Å². The van der Waals surface area contributed by atoms with Crippen molar-refractivity contribution in [1.82, 2.24) is 0 Å². The summed E-state index contributed by atoms with van der Waals surface area (Å²) in [4.78, 5) is 2.14. The molecule has 22 heavy (non-hydrogen) atoms. The maximum atomic E-state index is 9.22. The molecule has 0 aliphatic heterocycles. The van der Waals surface area contributed by atoms with Crippen molar-refractivity contribution in [3.8, 4) is 5.75 Å². The van der Waals surface area contributed by atoms with E-state index in [4.69, 9.17) is 11.5 Å². The van der Waals surface area contributed by atoms with Gasteiger partial charge in [-0.05, 0) is 48.5 Å². The van der Waals surface area contributed by atoms with E-state index in [2.05, 4.69) is 15.1 Å². The summed E-state index contributed by atoms with van der Waals surface area (Å²) in [6, 6.07) is 14.3. The minimum Gasteiger partial charge on any atom is -0.508 e. The molecule has 0 atom stereocenters. The maximum absolute atomic E-state index is 9.22. The second-order valence-corrected chi connectivity index (χ2v) is 4.80. The number of hydrogen-bond donors (Lipinski definition) is 3. The summed E-state index contributed by atoms with van der Waals surface area (Å²) in [6.45, 7) is 2.71. The van der Waals surface area contributed by atoms with Gasteiger partial charge in [-0.1, -0.05) is 0 Å². The lowest BCUT2D eigenvalue weighted by molar-refractivity contribution is 0.475. The fourth-order valence-corrected chi connectivity index (χ4v) is 2.05. The van der Waals surface area contributed by atoms with Crippen molar-refractivity contribution in [2.75, 3.05) is 31.1 Å². The fourth-order valence-electron chi connectivity index (χ4n) is 2.05. The Balaban J connectivity index is 2.06. The number of nitrogens with zero attached hydrogens (tertiary/aromatic N) is 3. The van der Waals surface area contributed by atoms with Crippen molar-refractivity contribution >= 4 is 17.1 Å². The molecule has 5 N–H and O–H groups in total. The van der Waals surface area contributed by atoms with Gasteiger partial charge >= 0.3 is 0 Å². The van der Waals surface area contributed by atoms with Crippen LogP contribution in [0.25, 0.3) is 0 Å². The minimum atomic E-state index is 0.211. The number of anilines is 1. The Morgan fingerprint density at radius 1 is 0.773 bits per heavy atom. The van der Waals surface area contributed by atoms with Gasteiger partial charge in [0.2, 0.25) is 0 Å². The lowest BCUT2D eigenvalue weighted by atomic mass is 10.2. The Morgan fingerprint density at radius 2 is 1.23 bits per heavy atom. The van der Waals surface area contributed by atoms with Crippen LogP contribution in [-0.2, 0) is 0 Å². The largest absolute Gasteiger partial charge is 0.508 e. The number of aromatic hydroxyl groups is 1. The molecule has 2 aromatic carbocycles. The first-order chi connectivity index (χ1) is 10.7. The molecular weight excluding hydrogens is 278 g/mol. The summed E-state index contributed by atoms with van der Waals surface area (Å²) in [5.74, 6) is 0.211. The topological polar surface area (TPSA) is 100 Å². The molecular formula is C16H21N5O. The van der Waals surface area contributed by atoms with E-state index in [9.17, 15) is 5.11 Å². The van der Waals surface area contributed by atoms with E-state index in [1.807, 2.05) is 24.3 Å². The molecule has 0 amide bonds. The minimum absolute atomic E-state index is 0.211. The Kier molecular flexibility index (Phi) is 5.88. The van der Waals surface area contributed by atoms with E-state index in [1.165, 1.54) is 0 Å². The first-order valence-electron chi connectivity index (χ1n) is 7.19. The quantitative estimate of drug-likeness (QED) is 0.684. The molecule has 0 saturated heterocycles. The third-order valence-corrected chi connectivity index (χ3v) is 3.14. The third-order valence-electron chi connectivity index (χ3n) is 3.14. The van der Waals surface area contributed by atoms with Crippen LogP contribution in [0.5, 0.6) is 5.75 Å². The van der Waals surface area contributed by atoms with Crippen molar-refractivity contribution in [1.29, 1.82) is 0 Å². The van der Waals surface area contributed by atoms with Crippen LogP contribution in [0.1, 0.15) is 0 Å². The molecule has 2 aromatic rings. The highest BCUT2D eigenvalue weighted by Crippen LogP contribution is 2.23. The number of phenols is 1. The molecule has 6 nitrogen and oxygen atoms in total. The van der Waals surface area contributed by atoms with Gasteiger partial charge in [0.1, 0.15) is 5.75 Å². The highest BCUT2D eigenvalue weighted by Gasteiger charge is 2.04. The number of nitrogens with two attached hydrogens (primary N) is 2. The number of azo groups is 1. The summed E-state index contributed by atoms with van der Waals surface area (Å²) in [7, 11) is 0. The zero-order valence-electron chi connectivity index (χ0n) is 12.4. The summed E-state index contributed by atoms with van der Waals surface area (Å²) in [6.07, 6.45) is 0. The molecule has 0 saturated carbocycles. The molecule has 0 radical (unpaired) electrons. The molecule has 0 bridgehead atoms. The number of phenolic OH excluding ortho intramolecular Hbond substituents is 1. The molecule has 6 heteroatoms. The Labute approximate surface area is 130 Å². The first-order valence-corrected chi connectivity index (χ1v) is 7.19. The molecule has 0 unspecified atom stereocenters. The average molecular weight is 299 g/mol. The van der Waals surface area contributed by atoms with Gasteiger partial charge in [0.15, 0.2) is 0 Å². The summed E-state index contributed by atoms with van der Waals surface area (Å²) in [5.41, 5.74) is 13.8. The van der Waals surface area contributed by atoms with Gasteiger partial charge in [0.25, 0.3) is 0 Å². The zero-order valence-corrected chi connectivity index (χ0v) is 12.4. The Bertz CT molecular complexity index is 589. The smallest absolute Gasteiger partial charge is 0.115 e. The Morgan fingerprint density at radius 3 is 1.68 bits per heavy atom. The summed E-state index contributed by atoms with van der Waals surface area (Å²) >= 11 is 0. The van der Waals surface area contributed by atoms with E-state index >= 15 is 0 Å². The maximum Gasteiger partial charge on any atom is 0.115 e. The molecule has 116 valence electrons. The zero-order chi connectivity index (χ0) is 15.8. The monoisotopic (exact) mass is 299 g/mol. The summed E-state index contributed by atoms with van der Waals surface area (Å²) in [5, 5.41) is 17.5. The predicted octanol–water partition coefficient (Wildman–Crippen LogP) is 2.53. The van der Waals surface area contributed by atoms with E-state index in [0.717, 1.165) is 24.5 Å². The highest BCUT2D eigenvalue weighted by atomic mass is 16.3. The van der Waals surface area contributed by atoms with Crippen LogP contribution in [0.3, 0.4) is 0 Å². The second-order valence-electron chi connectivity index (χ2n) is 4.80. The van der Waals surface area contributed by atoms with Crippen molar-refractivity contribution in [3.63, 3.8) is 0 Å². The summed E-state index contributed by atoms with van der Waals surface area (Å²) < 4.78 is 0. The fraction of sp³-hybridized carbons (Fsp3) is 0.250. The van der Waals surface area contributed by atoms with Crippen LogP contribution in [-0.4, -0.2) is 31.3 Å². The van der Waals surface area contributed by atoms with Gasteiger partial charge in [0, 0.05) is 31.9 Å². The van der Waals surface area contributed by atoms with Gasteiger partial charge < -0.3 is 21.5 Å².